The van der Waals surface area contributed by atoms with Gasteiger partial charge in [0.1, 0.15) is 5.76 Å². The number of aromatic nitrogens is 1. The van der Waals surface area contributed by atoms with Crippen molar-refractivity contribution in [3.63, 3.8) is 0 Å². The number of anilines is 1. The van der Waals surface area contributed by atoms with Gasteiger partial charge in [-0.1, -0.05) is 34.4 Å². The Hall–Kier alpha value is -1.19. The SMILES string of the molecule is Cc1onc(N)c1-c1c(Cl)cccc1Cl. The third kappa shape index (κ3) is 1.68. The monoisotopic (exact) mass is 242 g/mol. The van der Waals surface area contributed by atoms with Crippen LogP contribution in [0.25, 0.3) is 11.1 Å². The molecule has 0 saturated heterocycles. The zero-order valence-corrected chi connectivity index (χ0v) is 9.43. The Bertz CT molecular complexity index is 468. The van der Waals surface area contributed by atoms with Crippen LogP contribution in [0.1, 0.15) is 5.76 Å². The largest absolute Gasteiger partial charge is 0.380 e. The van der Waals surface area contributed by atoms with E-state index < -0.39 is 0 Å². The fourth-order valence-corrected chi connectivity index (χ4v) is 2.02. The summed E-state index contributed by atoms with van der Waals surface area (Å²) in [5.41, 5.74) is 7.01. The quantitative estimate of drug-likeness (QED) is 0.833. The van der Waals surface area contributed by atoms with Crippen molar-refractivity contribution >= 4 is 29.0 Å². The van der Waals surface area contributed by atoms with Gasteiger partial charge in [-0.2, -0.15) is 0 Å². The lowest BCUT2D eigenvalue weighted by Crippen LogP contribution is -1.90. The molecule has 78 valence electrons. The lowest BCUT2D eigenvalue weighted by Gasteiger charge is -2.05. The highest BCUT2D eigenvalue weighted by molar-refractivity contribution is 6.39. The molecule has 0 bridgehead atoms. The van der Waals surface area contributed by atoms with Crippen molar-refractivity contribution in [1.29, 1.82) is 0 Å². The smallest absolute Gasteiger partial charge is 0.175 e. The van der Waals surface area contributed by atoms with Crippen LogP contribution in [-0.4, -0.2) is 5.16 Å². The van der Waals surface area contributed by atoms with Gasteiger partial charge in [0.05, 0.1) is 15.6 Å². The number of nitrogens with two attached hydrogens (primary N) is 1. The Morgan fingerprint density at radius 3 is 2.27 bits per heavy atom. The third-order valence-corrected chi connectivity index (χ3v) is 2.73. The molecular formula is C10H8Cl2N2O. The molecule has 0 unspecified atom stereocenters. The second-order valence-corrected chi connectivity index (χ2v) is 3.91. The molecule has 0 aliphatic carbocycles. The minimum Gasteiger partial charge on any atom is -0.380 e. The fourth-order valence-electron chi connectivity index (χ4n) is 1.43. The van der Waals surface area contributed by atoms with Gasteiger partial charge in [-0.3, -0.25) is 0 Å². The van der Waals surface area contributed by atoms with Crippen molar-refractivity contribution in [2.24, 2.45) is 0 Å². The highest BCUT2D eigenvalue weighted by Crippen LogP contribution is 2.39. The highest BCUT2D eigenvalue weighted by atomic mass is 35.5. The Labute approximate surface area is 96.8 Å². The third-order valence-electron chi connectivity index (χ3n) is 2.10. The molecule has 15 heavy (non-hydrogen) atoms. The lowest BCUT2D eigenvalue weighted by atomic mass is 10.1. The van der Waals surface area contributed by atoms with Crippen molar-refractivity contribution in [1.82, 2.24) is 5.16 Å². The highest BCUT2D eigenvalue weighted by Gasteiger charge is 2.17. The van der Waals surface area contributed by atoms with E-state index in [0.717, 1.165) is 0 Å². The molecule has 5 heteroatoms. The van der Waals surface area contributed by atoms with Gasteiger partial charge in [-0.15, -0.1) is 0 Å². The van der Waals surface area contributed by atoms with E-state index in [-0.39, 0.29) is 0 Å². The van der Waals surface area contributed by atoms with Crippen LogP contribution in [-0.2, 0) is 0 Å². The Balaban J connectivity index is 2.74. The first-order chi connectivity index (χ1) is 7.11. The van der Waals surface area contributed by atoms with Crippen LogP contribution in [0.4, 0.5) is 5.82 Å². The molecular weight excluding hydrogens is 235 g/mol. The minimum absolute atomic E-state index is 0.294. The minimum atomic E-state index is 0.294. The topological polar surface area (TPSA) is 52.0 Å². The van der Waals surface area contributed by atoms with Crippen molar-refractivity contribution in [2.75, 3.05) is 5.73 Å². The summed E-state index contributed by atoms with van der Waals surface area (Å²) < 4.78 is 4.97. The van der Waals surface area contributed by atoms with Crippen molar-refractivity contribution in [3.8, 4) is 11.1 Å². The van der Waals surface area contributed by atoms with E-state index in [9.17, 15) is 0 Å². The van der Waals surface area contributed by atoms with Gasteiger partial charge in [-0.25, -0.2) is 0 Å². The second-order valence-electron chi connectivity index (χ2n) is 3.10. The maximum Gasteiger partial charge on any atom is 0.175 e. The summed E-state index contributed by atoms with van der Waals surface area (Å²) in [7, 11) is 0. The number of hydrogen-bond donors (Lipinski definition) is 1. The van der Waals surface area contributed by atoms with Crippen LogP contribution >= 0.6 is 23.2 Å². The normalized spacial score (nSPS) is 10.6. The molecule has 0 radical (unpaired) electrons. The molecule has 2 N–H and O–H groups in total. The van der Waals surface area contributed by atoms with Crippen molar-refractivity contribution in [2.45, 2.75) is 6.92 Å². The number of hydrogen-bond acceptors (Lipinski definition) is 3. The molecule has 1 heterocycles. The first-order valence-corrected chi connectivity index (χ1v) is 5.03. The van der Waals surface area contributed by atoms with Gasteiger partial charge >= 0.3 is 0 Å². The maximum absolute atomic E-state index is 6.06. The van der Waals surface area contributed by atoms with E-state index >= 15 is 0 Å². The van der Waals surface area contributed by atoms with Crippen LogP contribution < -0.4 is 5.73 Å². The van der Waals surface area contributed by atoms with Crippen LogP contribution in [0, 0.1) is 6.92 Å². The number of nitrogen functional groups attached to an aromatic ring is 1. The van der Waals surface area contributed by atoms with E-state index in [1.165, 1.54) is 0 Å². The van der Waals surface area contributed by atoms with E-state index in [0.29, 0.717) is 32.8 Å². The molecule has 0 atom stereocenters. The zero-order valence-electron chi connectivity index (χ0n) is 7.92. The summed E-state index contributed by atoms with van der Waals surface area (Å²) >= 11 is 12.1. The van der Waals surface area contributed by atoms with Gasteiger partial charge in [0.2, 0.25) is 0 Å². The number of nitrogens with zero attached hydrogens (tertiary/aromatic N) is 1. The standard InChI is InChI=1S/C10H8Cl2N2O/c1-5-8(10(13)14-15-5)9-6(11)3-2-4-7(9)12/h2-4H,1H3,(H2,13,14). The first kappa shape index (κ1) is 10.3. The summed E-state index contributed by atoms with van der Waals surface area (Å²) in [6, 6.07) is 5.26. The molecule has 2 aromatic rings. The molecule has 0 aliphatic rings. The van der Waals surface area contributed by atoms with E-state index in [1.54, 1.807) is 25.1 Å². The second kappa shape index (κ2) is 3.76. The Morgan fingerprint density at radius 1 is 1.20 bits per heavy atom. The molecule has 0 spiro atoms. The van der Waals surface area contributed by atoms with Crippen molar-refractivity contribution in [3.05, 3.63) is 34.0 Å². The van der Waals surface area contributed by atoms with E-state index in [2.05, 4.69) is 5.16 Å². The molecule has 3 nitrogen and oxygen atoms in total. The van der Waals surface area contributed by atoms with Gasteiger partial charge in [-0.05, 0) is 19.1 Å². The molecule has 1 aromatic heterocycles. The van der Waals surface area contributed by atoms with Crippen molar-refractivity contribution < 1.29 is 4.52 Å². The van der Waals surface area contributed by atoms with Gasteiger partial charge in [0.25, 0.3) is 0 Å². The summed E-state index contributed by atoms with van der Waals surface area (Å²) in [5, 5.41) is 4.72. The van der Waals surface area contributed by atoms with Crippen LogP contribution in [0.5, 0.6) is 0 Å². The predicted octanol–water partition coefficient (Wildman–Crippen LogP) is 3.54. The molecule has 0 fully saturated rings. The number of benzene rings is 1. The van der Waals surface area contributed by atoms with E-state index in [1.807, 2.05) is 0 Å². The molecule has 0 aliphatic heterocycles. The molecule has 1 aromatic carbocycles. The summed E-state index contributed by atoms with van der Waals surface area (Å²) in [6.45, 7) is 1.76. The van der Waals surface area contributed by atoms with Crippen LogP contribution in [0.15, 0.2) is 22.7 Å². The molecule has 0 saturated carbocycles. The number of rotatable bonds is 1. The average molecular weight is 243 g/mol. The first-order valence-electron chi connectivity index (χ1n) is 4.27. The molecule has 2 rings (SSSR count). The maximum atomic E-state index is 6.06. The average Bonchev–Trinajstić information content (AvgIpc) is 2.49. The lowest BCUT2D eigenvalue weighted by molar-refractivity contribution is 0.401. The fraction of sp³-hybridized carbons (Fsp3) is 0.100. The van der Waals surface area contributed by atoms with Crippen LogP contribution in [0.3, 0.4) is 0 Å². The Morgan fingerprint density at radius 2 is 1.80 bits per heavy atom. The Kier molecular flexibility index (Phi) is 2.59. The summed E-state index contributed by atoms with van der Waals surface area (Å²) in [4.78, 5) is 0. The van der Waals surface area contributed by atoms with Crippen LogP contribution in [0.2, 0.25) is 10.0 Å². The molecule has 0 amide bonds. The van der Waals surface area contributed by atoms with Gasteiger partial charge < -0.3 is 10.3 Å². The summed E-state index contributed by atoms with van der Waals surface area (Å²) in [5.74, 6) is 0.894. The van der Waals surface area contributed by atoms with E-state index in [4.69, 9.17) is 33.5 Å². The summed E-state index contributed by atoms with van der Waals surface area (Å²) in [6.07, 6.45) is 0. The number of aryl methyl sites for hydroxylation is 1. The van der Waals surface area contributed by atoms with Gasteiger partial charge in [0.15, 0.2) is 5.82 Å². The predicted molar refractivity (Wildman–Crippen MR) is 61.1 cm³/mol. The van der Waals surface area contributed by atoms with Gasteiger partial charge in [0, 0.05) is 5.56 Å². The number of halogens is 2. The zero-order chi connectivity index (χ0) is 11.0.